The topological polar surface area (TPSA) is 43.1 Å². The van der Waals surface area contributed by atoms with E-state index >= 15 is 0 Å². The minimum absolute atomic E-state index is 0.0961. The number of hydrogen-bond acceptors (Lipinski definition) is 3. The number of thiol groups is 1. The molecule has 2 N–H and O–H groups in total. The zero-order valence-corrected chi connectivity index (χ0v) is 7.71. The number of benzene rings is 1. The lowest BCUT2D eigenvalue weighted by Gasteiger charge is -2.05. The highest BCUT2D eigenvalue weighted by molar-refractivity contribution is 7.80. The van der Waals surface area contributed by atoms with Crippen molar-refractivity contribution in [2.24, 2.45) is 0 Å². The van der Waals surface area contributed by atoms with Crippen LogP contribution in [0.5, 0.6) is 0 Å². The van der Waals surface area contributed by atoms with Gasteiger partial charge in [0.25, 0.3) is 0 Å². The molecule has 1 rings (SSSR count). The van der Waals surface area contributed by atoms with Gasteiger partial charge < -0.3 is 10.5 Å². The van der Waals surface area contributed by atoms with Crippen molar-refractivity contribution in [2.45, 2.75) is 17.7 Å². The van der Waals surface area contributed by atoms with Gasteiger partial charge in [0.1, 0.15) is 6.29 Å². The molecular weight excluding hydrogens is 170 g/mol. The summed E-state index contributed by atoms with van der Waals surface area (Å²) in [4.78, 5) is 11.2. The van der Waals surface area contributed by atoms with Crippen LogP contribution in [0.2, 0.25) is 0 Å². The number of carbonyl (C=O) groups is 1. The number of rotatable bonds is 2. The Bertz CT molecular complexity index is 299. The first-order valence-electron chi connectivity index (χ1n) is 3.69. The zero-order valence-electron chi connectivity index (χ0n) is 6.82. The van der Waals surface area contributed by atoms with E-state index in [1.54, 1.807) is 12.1 Å². The maximum Gasteiger partial charge on any atom is 0.127 e. The Labute approximate surface area is 77.2 Å². The van der Waals surface area contributed by atoms with Crippen molar-refractivity contribution in [2.75, 3.05) is 5.73 Å². The highest BCUT2D eigenvalue weighted by Crippen LogP contribution is 2.21. The number of nitrogen functional groups attached to an aromatic ring is 1. The minimum atomic E-state index is -0.0961. The summed E-state index contributed by atoms with van der Waals surface area (Å²) in [7, 11) is 0. The van der Waals surface area contributed by atoms with Gasteiger partial charge in [-0.25, -0.2) is 0 Å². The van der Waals surface area contributed by atoms with Gasteiger partial charge in [0, 0.05) is 16.5 Å². The van der Waals surface area contributed by atoms with E-state index in [9.17, 15) is 4.79 Å². The lowest BCUT2D eigenvalue weighted by atomic mass is 10.0. The number of carbonyl (C=O) groups excluding carboxylic acids is 1. The lowest BCUT2D eigenvalue weighted by molar-refractivity contribution is -0.108. The maximum absolute atomic E-state index is 10.4. The SMILES string of the molecule is CC(C=O)c1ccc(S)c(N)c1. The van der Waals surface area contributed by atoms with Crippen LogP contribution < -0.4 is 5.73 Å². The molecule has 0 saturated heterocycles. The summed E-state index contributed by atoms with van der Waals surface area (Å²) < 4.78 is 0. The van der Waals surface area contributed by atoms with E-state index < -0.39 is 0 Å². The van der Waals surface area contributed by atoms with Gasteiger partial charge >= 0.3 is 0 Å². The normalized spacial score (nSPS) is 12.5. The monoisotopic (exact) mass is 181 g/mol. The van der Waals surface area contributed by atoms with E-state index in [-0.39, 0.29) is 5.92 Å². The van der Waals surface area contributed by atoms with Gasteiger partial charge in [-0.15, -0.1) is 12.6 Å². The molecule has 64 valence electrons. The summed E-state index contributed by atoms with van der Waals surface area (Å²) in [5, 5.41) is 0. The summed E-state index contributed by atoms with van der Waals surface area (Å²) in [6.07, 6.45) is 0.896. The predicted molar refractivity (Wildman–Crippen MR) is 52.6 cm³/mol. The molecule has 3 heteroatoms. The fourth-order valence-corrected chi connectivity index (χ4v) is 1.07. The van der Waals surface area contributed by atoms with Gasteiger partial charge in [0.2, 0.25) is 0 Å². The molecule has 0 amide bonds. The third-order valence-electron chi connectivity index (χ3n) is 1.78. The van der Waals surface area contributed by atoms with Crippen LogP contribution in [0.15, 0.2) is 23.1 Å². The molecule has 0 aliphatic carbocycles. The molecule has 0 spiro atoms. The Balaban J connectivity index is 3.04. The molecular formula is C9H11NOS. The highest BCUT2D eigenvalue weighted by atomic mass is 32.1. The fraction of sp³-hybridized carbons (Fsp3) is 0.222. The van der Waals surface area contributed by atoms with Gasteiger partial charge in [0.15, 0.2) is 0 Å². The molecule has 0 aliphatic rings. The molecule has 12 heavy (non-hydrogen) atoms. The maximum atomic E-state index is 10.4. The van der Waals surface area contributed by atoms with Gasteiger partial charge in [0.05, 0.1) is 0 Å². The van der Waals surface area contributed by atoms with Gasteiger partial charge in [-0.1, -0.05) is 13.0 Å². The van der Waals surface area contributed by atoms with Crippen molar-refractivity contribution >= 4 is 24.6 Å². The van der Waals surface area contributed by atoms with Crippen LogP contribution in [0.1, 0.15) is 18.4 Å². The first-order chi connectivity index (χ1) is 5.65. The molecule has 2 nitrogen and oxygen atoms in total. The quantitative estimate of drug-likeness (QED) is 0.415. The Morgan fingerprint density at radius 1 is 1.58 bits per heavy atom. The Morgan fingerprint density at radius 3 is 2.75 bits per heavy atom. The fourth-order valence-electron chi connectivity index (χ4n) is 0.935. The van der Waals surface area contributed by atoms with Gasteiger partial charge in [-0.2, -0.15) is 0 Å². The molecule has 1 unspecified atom stereocenters. The average Bonchev–Trinajstić information content (AvgIpc) is 2.08. The van der Waals surface area contributed by atoms with Crippen molar-refractivity contribution in [1.29, 1.82) is 0 Å². The average molecular weight is 181 g/mol. The van der Waals surface area contributed by atoms with E-state index in [1.165, 1.54) is 0 Å². The van der Waals surface area contributed by atoms with E-state index in [1.807, 2.05) is 13.0 Å². The van der Waals surface area contributed by atoms with Crippen molar-refractivity contribution in [1.82, 2.24) is 0 Å². The number of aldehydes is 1. The largest absolute Gasteiger partial charge is 0.398 e. The molecule has 0 aliphatic heterocycles. The molecule has 1 aromatic rings. The van der Waals surface area contributed by atoms with E-state index in [0.717, 1.165) is 16.7 Å². The van der Waals surface area contributed by atoms with Crippen molar-refractivity contribution in [3.05, 3.63) is 23.8 Å². The summed E-state index contributed by atoms with van der Waals surface area (Å²) >= 11 is 4.13. The molecule has 0 fully saturated rings. The summed E-state index contributed by atoms with van der Waals surface area (Å²) in [5.74, 6) is -0.0961. The van der Waals surface area contributed by atoms with Gasteiger partial charge in [-0.3, -0.25) is 0 Å². The molecule has 0 aromatic heterocycles. The second-order valence-corrected chi connectivity index (χ2v) is 3.22. The van der Waals surface area contributed by atoms with Gasteiger partial charge in [-0.05, 0) is 17.7 Å². The van der Waals surface area contributed by atoms with Crippen LogP contribution in [0, 0.1) is 0 Å². The van der Waals surface area contributed by atoms with Crippen molar-refractivity contribution in [3.63, 3.8) is 0 Å². The number of hydrogen-bond donors (Lipinski definition) is 2. The number of nitrogens with two attached hydrogens (primary N) is 1. The Morgan fingerprint density at radius 2 is 2.25 bits per heavy atom. The van der Waals surface area contributed by atoms with Crippen molar-refractivity contribution in [3.8, 4) is 0 Å². The Kier molecular flexibility index (Phi) is 2.76. The standard InChI is InChI=1S/C9H11NOS/c1-6(5-11)7-2-3-9(12)8(10)4-7/h2-6,12H,10H2,1H3. The third-order valence-corrected chi connectivity index (χ3v) is 2.19. The summed E-state index contributed by atoms with van der Waals surface area (Å²) in [6, 6.07) is 5.44. The molecule has 0 heterocycles. The molecule has 1 aromatic carbocycles. The van der Waals surface area contributed by atoms with Crippen LogP contribution in [0.4, 0.5) is 5.69 Å². The Hall–Kier alpha value is -0.960. The smallest absolute Gasteiger partial charge is 0.127 e. The molecule has 1 atom stereocenters. The van der Waals surface area contributed by atoms with E-state index in [4.69, 9.17) is 5.73 Å². The zero-order chi connectivity index (χ0) is 9.14. The van der Waals surface area contributed by atoms with E-state index in [0.29, 0.717) is 5.69 Å². The van der Waals surface area contributed by atoms with Crippen LogP contribution in [0.25, 0.3) is 0 Å². The second-order valence-electron chi connectivity index (χ2n) is 2.74. The first-order valence-corrected chi connectivity index (χ1v) is 4.13. The lowest BCUT2D eigenvalue weighted by Crippen LogP contribution is -1.96. The minimum Gasteiger partial charge on any atom is -0.398 e. The van der Waals surface area contributed by atoms with Crippen LogP contribution >= 0.6 is 12.6 Å². The summed E-state index contributed by atoms with van der Waals surface area (Å²) in [6.45, 7) is 1.83. The van der Waals surface area contributed by atoms with Crippen LogP contribution in [0.3, 0.4) is 0 Å². The highest BCUT2D eigenvalue weighted by Gasteiger charge is 2.04. The third kappa shape index (κ3) is 1.80. The predicted octanol–water partition coefficient (Wildman–Crippen LogP) is 1.86. The summed E-state index contributed by atoms with van der Waals surface area (Å²) in [5.41, 5.74) is 7.17. The van der Waals surface area contributed by atoms with Crippen molar-refractivity contribution < 1.29 is 4.79 Å². The van der Waals surface area contributed by atoms with Crippen LogP contribution in [-0.2, 0) is 4.79 Å². The number of anilines is 1. The second kappa shape index (κ2) is 3.63. The van der Waals surface area contributed by atoms with E-state index in [2.05, 4.69) is 12.6 Å². The van der Waals surface area contributed by atoms with Crippen LogP contribution in [-0.4, -0.2) is 6.29 Å². The molecule has 0 saturated carbocycles. The first kappa shape index (κ1) is 9.13. The molecule has 0 bridgehead atoms. The molecule has 0 radical (unpaired) electrons.